The first-order valence-corrected chi connectivity index (χ1v) is 12.0. The molecule has 0 saturated carbocycles. The van der Waals surface area contributed by atoms with Crippen molar-refractivity contribution in [2.45, 2.75) is 46.3 Å². The summed E-state index contributed by atoms with van der Waals surface area (Å²) >= 11 is 6.40. The standard InChI is InChI=1S/C28H27ClN2O4/c1-17-5-7-20(23(29)13-17)18-9-12-31(26(32)14-18)19-6-8-21-22-16-30(27(33)35-28(2,3)4)11-10-24(22)34-25(21)15-19/h5-9,12-15H,10-11,16H2,1-4H3. The van der Waals surface area contributed by atoms with Gasteiger partial charge in [-0.3, -0.25) is 9.36 Å². The van der Waals surface area contributed by atoms with Crippen LogP contribution in [-0.4, -0.2) is 27.7 Å². The Labute approximate surface area is 208 Å². The van der Waals surface area contributed by atoms with E-state index in [1.165, 1.54) is 0 Å². The largest absolute Gasteiger partial charge is 0.461 e. The van der Waals surface area contributed by atoms with E-state index in [0.717, 1.165) is 33.4 Å². The highest BCUT2D eigenvalue weighted by atomic mass is 35.5. The van der Waals surface area contributed by atoms with Crippen LogP contribution in [0.2, 0.25) is 5.02 Å². The number of amides is 1. The molecule has 2 aromatic carbocycles. The Hall–Kier alpha value is -3.51. The Bertz CT molecular complexity index is 1510. The zero-order valence-corrected chi connectivity index (χ0v) is 21.0. The number of halogens is 1. The topological polar surface area (TPSA) is 64.7 Å². The number of aryl methyl sites for hydroxylation is 1. The predicted molar refractivity (Wildman–Crippen MR) is 137 cm³/mol. The maximum Gasteiger partial charge on any atom is 0.410 e. The smallest absolute Gasteiger partial charge is 0.410 e. The Morgan fingerprint density at radius 2 is 1.89 bits per heavy atom. The summed E-state index contributed by atoms with van der Waals surface area (Å²) in [6, 6.07) is 15.0. The second-order valence-corrected chi connectivity index (χ2v) is 10.4. The highest BCUT2D eigenvalue weighted by molar-refractivity contribution is 6.33. The Kier molecular flexibility index (Phi) is 5.72. The molecule has 0 N–H and O–H groups in total. The van der Waals surface area contributed by atoms with Gasteiger partial charge in [0.05, 0.1) is 12.2 Å². The normalized spacial score (nSPS) is 13.7. The zero-order chi connectivity index (χ0) is 24.9. The lowest BCUT2D eigenvalue weighted by Crippen LogP contribution is -2.39. The van der Waals surface area contributed by atoms with E-state index in [-0.39, 0.29) is 11.7 Å². The first-order valence-electron chi connectivity index (χ1n) is 11.6. The van der Waals surface area contributed by atoms with Gasteiger partial charge in [0, 0.05) is 52.8 Å². The van der Waals surface area contributed by atoms with Gasteiger partial charge in [0.2, 0.25) is 0 Å². The molecule has 1 aliphatic rings. The molecule has 35 heavy (non-hydrogen) atoms. The monoisotopic (exact) mass is 490 g/mol. The molecule has 5 rings (SSSR count). The molecule has 6 nitrogen and oxygen atoms in total. The summed E-state index contributed by atoms with van der Waals surface area (Å²) in [5.74, 6) is 0.869. The van der Waals surface area contributed by atoms with Crippen molar-refractivity contribution >= 4 is 28.7 Å². The van der Waals surface area contributed by atoms with Crippen LogP contribution in [-0.2, 0) is 17.7 Å². The molecule has 1 aliphatic heterocycles. The number of benzene rings is 2. The summed E-state index contributed by atoms with van der Waals surface area (Å²) in [6.07, 6.45) is 2.04. The van der Waals surface area contributed by atoms with Crippen molar-refractivity contribution in [3.8, 4) is 16.8 Å². The fourth-order valence-electron chi connectivity index (χ4n) is 4.42. The van der Waals surface area contributed by atoms with Crippen molar-refractivity contribution in [1.29, 1.82) is 0 Å². The summed E-state index contributed by atoms with van der Waals surface area (Å²) in [6.45, 7) is 8.53. The van der Waals surface area contributed by atoms with Crippen molar-refractivity contribution in [3.05, 3.63) is 87.0 Å². The number of carbonyl (C=O) groups excluding carboxylic acids is 1. The summed E-state index contributed by atoms with van der Waals surface area (Å²) in [7, 11) is 0. The van der Waals surface area contributed by atoms with Gasteiger partial charge in [0.1, 0.15) is 16.9 Å². The van der Waals surface area contributed by atoms with Crippen LogP contribution in [0.3, 0.4) is 0 Å². The minimum Gasteiger partial charge on any atom is -0.461 e. The second kappa shape index (κ2) is 8.61. The lowest BCUT2D eigenvalue weighted by Gasteiger charge is -2.29. The number of fused-ring (bicyclic) bond motifs is 3. The van der Waals surface area contributed by atoms with Crippen molar-refractivity contribution in [2.24, 2.45) is 0 Å². The van der Waals surface area contributed by atoms with E-state index in [4.69, 9.17) is 20.8 Å². The molecular weight excluding hydrogens is 464 g/mol. The van der Waals surface area contributed by atoms with Gasteiger partial charge in [0.15, 0.2) is 0 Å². The fraction of sp³-hybridized carbons (Fsp3) is 0.286. The molecule has 180 valence electrons. The van der Waals surface area contributed by atoms with Gasteiger partial charge in [-0.05, 0) is 63.1 Å². The minimum absolute atomic E-state index is 0.161. The molecule has 0 bridgehead atoms. The van der Waals surface area contributed by atoms with Crippen molar-refractivity contribution in [3.63, 3.8) is 0 Å². The average molecular weight is 491 g/mol. The van der Waals surface area contributed by atoms with E-state index in [9.17, 15) is 9.59 Å². The third-order valence-electron chi connectivity index (χ3n) is 6.10. The highest BCUT2D eigenvalue weighted by Crippen LogP contribution is 2.33. The third kappa shape index (κ3) is 4.58. The third-order valence-corrected chi connectivity index (χ3v) is 6.42. The maximum absolute atomic E-state index is 13.0. The van der Waals surface area contributed by atoms with Gasteiger partial charge in [-0.1, -0.05) is 23.7 Å². The van der Waals surface area contributed by atoms with Gasteiger partial charge in [-0.2, -0.15) is 0 Å². The zero-order valence-electron chi connectivity index (χ0n) is 20.2. The molecule has 0 saturated heterocycles. The second-order valence-electron chi connectivity index (χ2n) is 9.94. The number of hydrogen-bond acceptors (Lipinski definition) is 4. The molecule has 0 spiro atoms. The molecule has 2 aromatic heterocycles. The lowest BCUT2D eigenvalue weighted by molar-refractivity contribution is 0.0220. The lowest BCUT2D eigenvalue weighted by atomic mass is 10.0. The summed E-state index contributed by atoms with van der Waals surface area (Å²) in [5, 5.41) is 1.55. The maximum atomic E-state index is 13.0. The van der Waals surface area contributed by atoms with Crippen LogP contribution in [0.1, 0.15) is 37.7 Å². The van der Waals surface area contributed by atoms with Crippen LogP contribution in [0.15, 0.2) is 63.9 Å². The molecule has 4 aromatic rings. The van der Waals surface area contributed by atoms with E-state index in [1.54, 1.807) is 21.7 Å². The van der Waals surface area contributed by atoms with E-state index < -0.39 is 5.60 Å². The molecule has 0 aliphatic carbocycles. The molecule has 1 amide bonds. The van der Waals surface area contributed by atoms with Crippen LogP contribution in [0.5, 0.6) is 0 Å². The SMILES string of the molecule is Cc1ccc(-c2ccn(-c3ccc4c5c(oc4c3)CCN(C(=O)OC(C)(C)C)C5)c(=O)c2)c(Cl)c1. The summed E-state index contributed by atoms with van der Waals surface area (Å²) < 4.78 is 13.2. The number of pyridine rings is 1. The van der Waals surface area contributed by atoms with E-state index in [0.29, 0.717) is 35.8 Å². The highest BCUT2D eigenvalue weighted by Gasteiger charge is 2.29. The van der Waals surface area contributed by atoms with Gasteiger partial charge in [0.25, 0.3) is 5.56 Å². The van der Waals surface area contributed by atoms with Crippen LogP contribution in [0, 0.1) is 6.92 Å². The summed E-state index contributed by atoms with van der Waals surface area (Å²) in [5.41, 5.74) is 4.34. The number of ether oxygens (including phenoxy) is 1. The van der Waals surface area contributed by atoms with Crippen LogP contribution in [0.4, 0.5) is 4.79 Å². The average Bonchev–Trinajstić information content (AvgIpc) is 3.15. The Balaban J connectivity index is 1.45. The summed E-state index contributed by atoms with van der Waals surface area (Å²) in [4.78, 5) is 27.2. The molecule has 7 heteroatoms. The van der Waals surface area contributed by atoms with Crippen LogP contribution in [0.25, 0.3) is 27.8 Å². The van der Waals surface area contributed by atoms with Crippen molar-refractivity contribution < 1.29 is 13.9 Å². The minimum atomic E-state index is -0.543. The number of nitrogens with zero attached hydrogens (tertiary/aromatic N) is 2. The molecular formula is C28H27ClN2O4. The van der Waals surface area contributed by atoms with Crippen LogP contribution < -0.4 is 5.56 Å². The van der Waals surface area contributed by atoms with Gasteiger partial charge in [-0.15, -0.1) is 0 Å². The van der Waals surface area contributed by atoms with Crippen molar-refractivity contribution in [1.82, 2.24) is 9.47 Å². The Morgan fingerprint density at radius 3 is 2.60 bits per heavy atom. The first-order chi connectivity index (χ1) is 16.6. The predicted octanol–water partition coefficient (Wildman–Crippen LogP) is 6.51. The quantitative estimate of drug-likeness (QED) is 0.321. The molecule has 3 heterocycles. The number of hydrogen-bond donors (Lipinski definition) is 0. The van der Waals surface area contributed by atoms with Gasteiger partial charge in [-0.25, -0.2) is 4.79 Å². The molecule has 0 atom stereocenters. The number of rotatable bonds is 2. The van der Waals surface area contributed by atoms with E-state index >= 15 is 0 Å². The van der Waals surface area contributed by atoms with E-state index in [1.807, 2.05) is 70.2 Å². The molecule has 0 radical (unpaired) electrons. The van der Waals surface area contributed by atoms with Crippen molar-refractivity contribution in [2.75, 3.05) is 6.54 Å². The Morgan fingerprint density at radius 1 is 1.09 bits per heavy atom. The van der Waals surface area contributed by atoms with Crippen LogP contribution >= 0.6 is 11.6 Å². The first kappa shape index (κ1) is 23.2. The number of aromatic nitrogens is 1. The molecule has 0 fully saturated rings. The fourth-order valence-corrected chi connectivity index (χ4v) is 4.76. The van der Waals surface area contributed by atoms with Gasteiger partial charge >= 0.3 is 6.09 Å². The van der Waals surface area contributed by atoms with Gasteiger partial charge < -0.3 is 14.1 Å². The molecule has 0 unspecified atom stereocenters. The number of carbonyl (C=O) groups is 1. The van der Waals surface area contributed by atoms with E-state index in [2.05, 4.69) is 0 Å². The number of furan rings is 1.